The maximum absolute atomic E-state index is 9.76. The lowest BCUT2D eigenvalue weighted by molar-refractivity contribution is 0.160. The molecule has 1 aliphatic rings. The first-order valence-corrected chi connectivity index (χ1v) is 5.78. The lowest BCUT2D eigenvalue weighted by Gasteiger charge is -2.15. The quantitative estimate of drug-likeness (QED) is 0.776. The van der Waals surface area contributed by atoms with E-state index in [0.29, 0.717) is 19.0 Å². The first-order chi connectivity index (χ1) is 7.34. The van der Waals surface area contributed by atoms with E-state index in [-0.39, 0.29) is 6.10 Å². The van der Waals surface area contributed by atoms with Gasteiger partial charge in [-0.25, -0.2) is 0 Å². The summed E-state index contributed by atoms with van der Waals surface area (Å²) in [5.74, 6) is 0.857. The van der Waals surface area contributed by atoms with Crippen molar-refractivity contribution in [2.45, 2.75) is 44.2 Å². The van der Waals surface area contributed by atoms with Crippen molar-refractivity contribution in [2.75, 3.05) is 6.54 Å². The second kappa shape index (κ2) is 5.33. The molecule has 1 unspecified atom stereocenters. The van der Waals surface area contributed by atoms with Crippen LogP contribution in [0.25, 0.3) is 0 Å². The van der Waals surface area contributed by atoms with Crippen LogP contribution in [0, 0.1) is 0 Å². The van der Waals surface area contributed by atoms with E-state index in [2.05, 4.69) is 5.32 Å². The van der Waals surface area contributed by atoms with E-state index in [1.54, 1.807) is 6.26 Å². The van der Waals surface area contributed by atoms with Gasteiger partial charge >= 0.3 is 0 Å². The molecule has 2 rings (SSSR count). The van der Waals surface area contributed by atoms with Gasteiger partial charge in [-0.15, -0.1) is 0 Å². The molecular weight excluding hydrogens is 190 g/mol. The zero-order valence-electron chi connectivity index (χ0n) is 8.98. The summed E-state index contributed by atoms with van der Waals surface area (Å²) in [5.41, 5.74) is 0. The van der Waals surface area contributed by atoms with Crippen LogP contribution in [0.5, 0.6) is 0 Å². The molecular formula is C12H19NO2. The van der Waals surface area contributed by atoms with Crippen LogP contribution in [0.4, 0.5) is 0 Å². The zero-order chi connectivity index (χ0) is 10.5. The van der Waals surface area contributed by atoms with Crippen LogP contribution in [0.1, 0.15) is 31.4 Å². The average Bonchev–Trinajstić information content (AvgIpc) is 2.86. The minimum Gasteiger partial charge on any atom is -0.469 e. The molecule has 0 radical (unpaired) electrons. The van der Waals surface area contributed by atoms with E-state index in [1.807, 2.05) is 12.1 Å². The highest BCUT2D eigenvalue weighted by Crippen LogP contribution is 2.17. The third-order valence-corrected chi connectivity index (χ3v) is 3.01. The molecule has 1 aromatic rings. The molecule has 3 nitrogen and oxygen atoms in total. The summed E-state index contributed by atoms with van der Waals surface area (Å²) in [6.07, 6.45) is 7.08. The standard InChI is InChI=1S/C12H19NO2/c14-11(8-12-6-3-7-15-12)9-13-10-4-1-2-5-10/h3,6-7,10-11,13-14H,1-2,4-5,8-9H2. The molecule has 1 heterocycles. The van der Waals surface area contributed by atoms with Crippen molar-refractivity contribution in [1.82, 2.24) is 5.32 Å². The summed E-state index contributed by atoms with van der Waals surface area (Å²) in [6, 6.07) is 4.38. The van der Waals surface area contributed by atoms with E-state index in [0.717, 1.165) is 5.76 Å². The monoisotopic (exact) mass is 209 g/mol. The molecule has 15 heavy (non-hydrogen) atoms. The molecule has 0 spiro atoms. The molecule has 1 saturated carbocycles. The minimum atomic E-state index is -0.336. The number of nitrogens with one attached hydrogen (secondary N) is 1. The van der Waals surface area contributed by atoms with Gasteiger partial charge in [0.25, 0.3) is 0 Å². The highest BCUT2D eigenvalue weighted by molar-refractivity contribution is 4.99. The smallest absolute Gasteiger partial charge is 0.106 e. The van der Waals surface area contributed by atoms with Crippen LogP contribution < -0.4 is 5.32 Å². The molecule has 1 aliphatic carbocycles. The highest BCUT2D eigenvalue weighted by Gasteiger charge is 2.16. The summed E-state index contributed by atoms with van der Waals surface area (Å²) in [6.45, 7) is 0.672. The van der Waals surface area contributed by atoms with Crippen LogP contribution in [0.2, 0.25) is 0 Å². The Bertz CT molecular complexity index is 265. The fraction of sp³-hybridized carbons (Fsp3) is 0.667. The van der Waals surface area contributed by atoms with Crippen molar-refractivity contribution in [3.05, 3.63) is 24.2 Å². The summed E-state index contributed by atoms with van der Waals surface area (Å²) in [4.78, 5) is 0. The third kappa shape index (κ3) is 3.36. The first-order valence-electron chi connectivity index (χ1n) is 5.78. The minimum absolute atomic E-state index is 0.336. The molecule has 0 bridgehead atoms. The van der Waals surface area contributed by atoms with Crippen molar-refractivity contribution in [2.24, 2.45) is 0 Å². The zero-order valence-corrected chi connectivity index (χ0v) is 8.98. The topological polar surface area (TPSA) is 45.4 Å². The summed E-state index contributed by atoms with van der Waals surface area (Å²) in [5, 5.41) is 13.2. The molecule has 1 atom stereocenters. The normalized spacial score (nSPS) is 19.5. The molecule has 0 amide bonds. The largest absolute Gasteiger partial charge is 0.469 e. The lowest BCUT2D eigenvalue weighted by Crippen LogP contribution is -2.34. The van der Waals surface area contributed by atoms with E-state index < -0.39 is 0 Å². The highest BCUT2D eigenvalue weighted by atomic mass is 16.3. The van der Waals surface area contributed by atoms with Gasteiger partial charge < -0.3 is 14.8 Å². The number of rotatable bonds is 5. The Hall–Kier alpha value is -0.800. The van der Waals surface area contributed by atoms with Crippen molar-refractivity contribution < 1.29 is 9.52 Å². The second-order valence-corrected chi connectivity index (χ2v) is 4.33. The lowest BCUT2D eigenvalue weighted by atomic mass is 10.2. The fourth-order valence-electron chi connectivity index (χ4n) is 2.17. The fourth-order valence-corrected chi connectivity index (χ4v) is 2.17. The third-order valence-electron chi connectivity index (χ3n) is 3.01. The van der Waals surface area contributed by atoms with Gasteiger partial charge in [0.1, 0.15) is 5.76 Å². The Labute approximate surface area is 90.5 Å². The maximum Gasteiger partial charge on any atom is 0.106 e. The Morgan fingerprint density at radius 2 is 2.27 bits per heavy atom. The summed E-state index contributed by atoms with van der Waals surface area (Å²) < 4.78 is 5.19. The van der Waals surface area contributed by atoms with Gasteiger partial charge in [0, 0.05) is 19.0 Å². The Kier molecular flexibility index (Phi) is 3.80. The van der Waals surface area contributed by atoms with E-state index in [4.69, 9.17) is 4.42 Å². The Morgan fingerprint density at radius 3 is 2.93 bits per heavy atom. The summed E-state index contributed by atoms with van der Waals surface area (Å²) in [7, 11) is 0. The molecule has 0 aromatic carbocycles. The van der Waals surface area contributed by atoms with E-state index in [1.165, 1.54) is 25.7 Å². The molecule has 2 N–H and O–H groups in total. The van der Waals surface area contributed by atoms with E-state index >= 15 is 0 Å². The first kappa shape index (κ1) is 10.7. The number of hydrogen-bond donors (Lipinski definition) is 2. The molecule has 0 saturated heterocycles. The molecule has 3 heteroatoms. The second-order valence-electron chi connectivity index (χ2n) is 4.33. The van der Waals surface area contributed by atoms with Crippen molar-refractivity contribution >= 4 is 0 Å². The number of aliphatic hydroxyl groups is 1. The van der Waals surface area contributed by atoms with Gasteiger partial charge in [-0.3, -0.25) is 0 Å². The van der Waals surface area contributed by atoms with Gasteiger partial charge in [-0.2, -0.15) is 0 Å². The van der Waals surface area contributed by atoms with Gasteiger partial charge in [0.05, 0.1) is 12.4 Å². The van der Waals surface area contributed by atoms with Crippen LogP contribution >= 0.6 is 0 Å². The molecule has 1 aromatic heterocycles. The number of hydrogen-bond acceptors (Lipinski definition) is 3. The predicted molar refractivity (Wildman–Crippen MR) is 58.7 cm³/mol. The van der Waals surface area contributed by atoms with E-state index in [9.17, 15) is 5.11 Å². The maximum atomic E-state index is 9.76. The Morgan fingerprint density at radius 1 is 1.47 bits per heavy atom. The average molecular weight is 209 g/mol. The van der Waals surface area contributed by atoms with Crippen LogP contribution in [0.3, 0.4) is 0 Å². The van der Waals surface area contributed by atoms with Crippen LogP contribution in [0.15, 0.2) is 22.8 Å². The van der Waals surface area contributed by atoms with Gasteiger partial charge in [0.15, 0.2) is 0 Å². The molecule has 1 fully saturated rings. The van der Waals surface area contributed by atoms with Gasteiger partial charge in [-0.05, 0) is 25.0 Å². The van der Waals surface area contributed by atoms with Gasteiger partial charge in [0.2, 0.25) is 0 Å². The van der Waals surface area contributed by atoms with Crippen LogP contribution in [-0.4, -0.2) is 23.8 Å². The van der Waals surface area contributed by atoms with Crippen molar-refractivity contribution in [3.63, 3.8) is 0 Å². The Balaban J connectivity index is 1.66. The summed E-state index contributed by atoms with van der Waals surface area (Å²) >= 11 is 0. The van der Waals surface area contributed by atoms with Crippen molar-refractivity contribution in [3.8, 4) is 0 Å². The predicted octanol–water partition coefficient (Wildman–Crippen LogP) is 1.72. The van der Waals surface area contributed by atoms with Crippen molar-refractivity contribution in [1.29, 1.82) is 0 Å². The molecule has 84 valence electrons. The number of furan rings is 1. The molecule has 0 aliphatic heterocycles. The van der Waals surface area contributed by atoms with Crippen LogP contribution in [-0.2, 0) is 6.42 Å². The van der Waals surface area contributed by atoms with Gasteiger partial charge in [-0.1, -0.05) is 12.8 Å². The SMILES string of the molecule is OC(CNC1CCCC1)Cc1ccco1. The number of aliphatic hydroxyl groups excluding tert-OH is 1.